The van der Waals surface area contributed by atoms with Crippen LogP contribution in [0.5, 0.6) is 0 Å². The van der Waals surface area contributed by atoms with Crippen molar-refractivity contribution in [3.63, 3.8) is 0 Å². The Kier molecular flexibility index (Phi) is 4.94. The lowest BCUT2D eigenvalue weighted by Gasteiger charge is -2.35. The van der Waals surface area contributed by atoms with Gasteiger partial charge in [-0.15, -0.1) is 0 Å². The first-order valence-electron chi connectivity index (χ1n) is 7.11. The maximum atomic E-state index is 5.57. The summed E-state index contributed by atoms with van der Waals surface area (Å²) in [5.41, 5.74) is 8.15. The minimum atomic E-state index is 0.562. The van der Waals surface area contributed by atoms with Crippen LogP contribution in [0.15, 0.2) is 24.3 Å². The van der Waals surface area contributed by atoms with Crippen molar-refractivity contribution in [3.05, 3.63) is 35.4 Å². The molecule has 0 spiro atoms. The SMILES string of the molecule is CC1CC(C)CN(Cc2ccc(CC(N)=S)cc2)C1. The fraction of sp³-hybridized carbons (Fsp3) is 0.562. The standard InChI is InChI=1S/C16H24N2S/c1-12-7-13(2)10-18(9-12)11-15-5-3-14(4-6-15)8-16(17)19/h3-6,12-13H,7-11H2,1-2H3,(H2,17,19). The number of thiocarbonyl (C=S) groups is 1. The largest absolute Gasteiger partial charge is 0.393 e. The smallest absolute Gasteiger partial charge is 0.0771 e. The van der Waals surface area contributed by atoms with Gasteiger partial charge in [-0.25, -0.2) is 0 Å². The summed E-state index contributed by atoms with van der Waals surface area (Å²) in [6, 6.07) is 8.70. The summed E-state index contributed by atoms with van der Waals surface area (Å²) >= 11 is 4.94. The average Bonchev–Trinajstić information content (AvgIpc) is 2.29. The van der Waals surface area contributed by atoms with Gasteiger partial charge in [0.25, 0.3) is 0 Å². The Morgan fingerprint density at radius 2 is 1.68 bits per heavy atom. The number of piperidine rings is 1. The Bertz CT molecular complexity index is 417. The number of nitrogens with two attached hydrogens (primary N) is 1. The van der Waals surface area contributed by atoms with Gasteiger partial charge in [-0.05, 0) is 29.4 Å². The lowest BCUT2D eigenvalue weighted by Crippen LogP contribution is -2.38. The average molecular weight is 276 g/mol. The van der Waals surface area contributed by atoms with Crippen molar-refractivity contribution >= 4 is 17.2 Å². The van der Waals surface area contributed by atoms with Crippen molar-refractivity contribution < 1.29 is 0 Å². The molecule has 2 unspecified atom stereocenters. The van der Waals surface area contributed by atoms with Crippen molar-refractivity contribution in [2.45, 2.75) is 33.2 Å². The highest BCUT2D eigenvalue weighted by atomic mass is 32.1. The minimum absolute atomic E-state index is 0.562. The van der Waals surface area contributed by atoms with E-state index in [9.17, 15) is 0 Å². The van der Waals surface area contributed by atoms with E-state index in [4.69, 9.17) is 18.0 Å². The molecule has 104 valence electrons. The fourth-order valence-electron chi connectivity index (χ4n) is 3.14. The molecule has 2 N–H and O–H groups in total. The lowest BCUT2D eigenvalue weighted by molar-refractivity contribution is 0.134. The number of hydrogen-bond donors (Lipinski definition) is 1. The maximum absolute atomic E-state index is 5.57. The van der Waals surface area contributed by atoms with Gasteiger partial charge < -0.3 is 5.73 Å². The summed E-state index contributed by atoms with van der Waals surface area (Å²) in [6.45, 7) is 8.21. The predicted molar refractivity (Wildman–Crippen MR) is 85.2 cm³/mol. The number of rotatable bonds is 4. The molecule has 1 aliphatic heterocycles. The van der Waals surface area contributed by atoms with Crippen molar-refractivity contribution in [3.8, 4) is 0 Å². The van der Waals surface area contributed by atoms with E-state index in [1.807, 2.05) is 0 Å². The van der Waals surface area contributed by atoms with E-state index in [0.717, 1.165) is 18.4 Å². The van der Waals surface area contributed by atoms with E-state index in [1.54, 1.807) is 0 Å². The minimum Gasteiger partial charge on any atom is -0.393 e. The van der Waals surface area contributed by atoms with E-state index in [0.29, 0.717) is 11.4 Å². The van der Waals surface area contributed by atoms with Gasteiger partial charge in [0.2, 0.25) is 0 Å². The van der Waals surface area contributed by atoms with Crippen LogP contribution in [-0.2, 0) is 13.0 Å². The highest BCUT2D eigenvalue weighted by Gasteiger charge is 2.21. The van der Waals surface area contributed by atoms with Gasteiger partial charge in [0, 0.05) is 26.1 Å². The Balaban J connectivity index is 1.93. The molecule has 0 aliphatic carbocycles. The molecule has 0 saturated carbocycles. The second-order valence-electron chi connectivity index (χ2n) is 6.10. The number of likely N-dealkylation sites (tertiary alicyclic amines) is 1. The van der Waals surface area contributed by atoms with E-state index in [1.165, 1.54) is 30.6 Å². The summed E-state index contributed by atoms with van der Waals surface area (Å²) in [7, 11) is 0. The Labute approximate surface area is 122 Å². The van der Waals surface area contributed by atoms with Gasteiger partial charge in [-0.1, -0.05) is 50.3 Å². The van der Waals surface area contributed by atoms with Crippen LogP contribution in [0.4, 0.5) is 0 Å². The zero-order valence-corrected chi connectivity index (χ0v) is 12.7. The second-order valence-corrected chi connectivity index (χ2v) is 6.62. The molecule has 1 aromatic carbocycles. The van der Waals surface area contributed by atoms with Gasteiger partial charge in [0.1, 0.15) is 0 Å². The first-order valence-corrected chi connectivity index (χ1v) is 7.52. The molecule has 1 fully saturated rings. The molecule has 0 aromatic heterocycles. The third kappa shape index (κ3) is 4.59. The third-order valence-electron chi connectivity index (χ3n) is 3.75. The fourth-order valence-corrected chi connectivity index (χ4v) is 3.31. The molecule has 0 bridgehead atoms. The van der Waals surface area contributed by atoms with Crippen LogP contribution in [0.3, 0.4) is 0 Å². The van der Waals surface area contributed by atoms with E-state index < -0.39 is 0 Å². The molecular formula is C16H24N2S. The van der Waals surface area contributed by atoms with Crippen LogP contribution >= 0.6 is 12.2 Å². The van der Waals surface area contributed by atoms with Crippen molar-refractivity contribution in [2.75, 3.05) is 13.1 Å². The van der Waals surface area contributed by atoms with Crippen molar-refractivity contribution in [1.29, 1.82) is 0 Å². The molecule has 2 rings (SSSR count). The van der Waals surface area contributed by atoms with Gasteiger partial charge >= 0.3 is 0 Å². The number of hydrogen-bond acceptors (Lipinski definition) is 2. The van der Waals surface area contributed by atoms with Crippen LogP contribution < -0.4 is 5.73 Å². The Morgan fingerprint density at radius 3 is 2.21 bits per heavy atom. The van der Waals surface area contributed by atoms with Crippen LogP contribution in [0.25, 0.3) is 0 Å². The van der Waals surface area contributed by atoms with E-state index in [2.05, 4.69) is 43.0 Å². The van der Waals surface area contributed by atoms with Crippen LogP contribution in [0.2, 0.25) is 0 Å². The summed E-state index contributed by atoms with van der Waals surface area (Å²) in [5, 5.41) is 0. The molecule has 1 aromatic rings. The molecular weight excluding hydrogens is 252 g/mol. The highest BCUT2D eigenvalue weighted by molar-refractivity contribution is 7.80. The van der Waals surface area contributed by atoms with Gasteiger partial charge in [-0.3, -0.25) is 4.90 Å². The molecule has 1 aliphatic rings. The van der Waals surface area contributed by atoms with E-state index in [-0.39, 0.29) is 0 Å². The molecule has 1 saturated heterocycles. The number of nitrogens with zero attached hydrogens (tertiary/aromatic N) is 1. The molecule has 2 nitrogen and oxygen atoms in total. The normalized spacial score (nSPS) is 24.3. The van der Waals surface area contributed by atoms with Gasteiger partial charge in [0.05, 0.1) is 4.99 Å². The molecule has 2 atom stereocenters. The van der Waals surface area contributed by atoms with Crippen LogP contribution in [-0.4, -0.2) is 23.0 Å². The zero-order chi connectivity index (χ0) is 13.8. The van der Waals surface area contributed by atoms with Crippen LogP contribution in [0, 0.1) is 11.8 Å². The number of benzene rings is 1. The zero-order valence-electron chi connectivity index (χ0n) is 11.9. The Morgan fingerprint density at radius 1 is 1.16 bits per heavy atom. The lowest BCUT2D eigenvalue weighted by atomic mass is 9.91. The van der Waals surface area contributed by atoms with Gasteiger partial charge in [-0.2, -0.15) is 0 Å². The first-order chi connectivity index (χ1) is 9.02. The predicted octanol–water partition coefficient (Wildman–Crippen LogP) is 2.99. The first kappa shape index (κ1) is 14.5. The topological polar surface area (TPSA) is 29.3 Å². The summed E-state index contributed by atoms with van der Waals surface area (Å²) in [5.74, 6) is 1.63. The van der Waals surface area contributed by atoms with Crippen molar-refractivity contribution in [2.24, 2.45) is 17.6 Å². The quantitative estimate of drug-likeness (QED) is 0.857. The third-order valence-corrected chi connectivity index (χ3v) is 3.90. The second kappa shape index (κ2) is 6.49. The molecule has 0 radical (unpaired) electrons. The van der Waals surface area contributed by atoms with Crippen molar-refractivity contribution in [1.82, 2.24) is 4.90 Å². The highest BCUT2D eigenvalue weighted by Crippen LogP contribution is 2.22. The summed E-state index contributed by atoms with van der Waals surface area (Å²) < 4.78 is 0. The molecule has 0 amide bonds. The van der Waals surface area contributed by atoms with Gasteiger partial charge in [0.15, 0.2) is 0 Å². The summed E-state index contributed by atoms with van der Waals surface area (Å²) in [4.78, 5) is 3.13. The molecule has 19 heavy (non-hydrogen) atoms. The maximum Gasteiger partial charge on any atom is 0.0771 e. The monoisotopic (exact) mass is 276 g/mol. The molecule has 1 heterocycles. The summed E-state index contributed by atoms with van der Waals surface area (Å²) in [6.07, 6.45) is 2.07. The van der Waals surface area contributed by atoms with Crippen LogP contribution in [0.1, 0.15) is 31.4 Å². The van der Waals surface area contributed by atoms with E-state index >= 15 is 0 Å². The molecule has 3 heteroatoms. The Hall–Kier alpha value is -0.930.